The maximum atomic E-state index is 10.4. The summed E-state index contributed by atoms with van der Waals surface area (Å²) in [5.74, 6) is -1.97. The van der Waals surface area contributed by atoms with Crippen LogP contribution in [0.3, 0.4) is 0 Å². The molecule has 0 aromatic rings. The van der Waals surface area contributed by atoms with Crippen molar-refractivity contribution < 1.29 is 50.0 Å². The van der Waals surface area contributed by atoms with Crippen molar-refractivity contribution in [3.05, 3.63) is 0 Å². The first-order chi connectivity index (χ1) is 9.29. The first kappa shape index (κ1) is 17.2. The summed E-state index contributed by atoms with van der Waals surface area (Å²) in [4.78, 5) is 10.4. The minimum Gasteiger partial charge on any atom is -0.547 e. The molecule has 6 N–H and O–H groups in total. The molecule has 1 fully saturated rings. The van der Waals surface area contributed by atoms with Crippen molar-refractivity contribution in [2.75, 3.05) is 13.2 Å². The second-order valence-corrected chi connectivity index (χ2v) is 4.36. The number of hydrogen-bond acceptors (Lipinski definition) is 10. The molecule has 1 heterocycles. The molecule has 1 saturated heterocycles. The van der Waals surface area contributed by atoms with Crippen LogP contribution in [0.1, 0.15) is 0 Å². The number of hydrogen-bond donors (Lipinski definition) is 6. The number of aliphatic hydroxyl groups is 6. The molecule has 0 unspecified atom stereocenters. The third-order valence-electron chi connectivity index (χ3n) is 2.89. The molecule has 1 aliphatic rings. The SMILES string of the molecule is O=C([O-])[C@H](O)[C@@H](O)[C@@H](CO)O[C@@H]1OC[C@@H](O)[C@H](O)[C@H]1O. The van der Waals surface area contributed by atoms with Crippen molar-refractivity contribution in [2.45, 2.75) is 42.9 Å². The van der Waals surface area contributed by atoms with Gasteiger partial charge < -0.3 is 50.0 Å². The molecule has 0 aromatic heterocycles. The molecule has 1 aliphatic heterocycles. The van der Waals surface area contributed by atoms with E-state index in [2.05, 4.69) is 0 Å². The second kappa shape index (κ2) is 7.24. The zero-order valence-electron chi connectivity index (χ0n) is 10.3. The van der Waals surface area contributed by atoms with Crippen molar-refractivity contribution >= 4 is 5.97 Å². The van der Waals surface area contributed by atoms with Gasteiger partial charge in [-0.25, -0.2) is 0 Å². The first-order valence-corrected chi connectivity index (χ1v) is 5.78. The smallest absolute Gasteiger partial charge is 0.186 e. The van der Waals surface area contributed by atoms with Crippen LogP contribution in [0.5, 0.6) is 0 Å². The van der Waals surface area contributed by atoms with Crippen LogP contribution < -0.4 is 5.11 Å². The first-order valence-electron chi connectivity index (χ1n) is 5.78. The quantitative estimate of drug-likeness (QED) is 0.276. The predicted octanol–water partition coefficient (Wildman–Crippen LogP) is -5.73. The summed E-state index contributed by atoms with van der Waals surface area (Å²) in [6, 6.07) is 0. The number of aliphatic hydroxyl groups excluding tert-OH is 6. The Morgan fingerprint density at radius 3 is 2.40 bits per heavy atom. The fraction of sp³-hybridized carbons (Fsp3) is 0.900. The number of rotatable bonds is 6. The normalized spacial score (nSPS) is 35.3. The summed E-state index contributed by atoms with van der Waals surface area (Å²) in [5.41, 5.74) is 0. The number of carboxylic acids is 1. The number of carbonyl (C=O) groups excluding carboxylic acids is 1. The maximum Gasteiger partial charge on any atom is 0.186 e. The molecule has 1 rings (SSSR count). The standard InChI is InChI=1S/C10H18O10/c11-1-4(6(14)7(15)9(17)18)20-10-8(16)5(13)3(12)2-19-10/h3-8,10-16H,1-2H2,(H,17,18)/p-1/t3-,4-,5+,6+,7-,8-,10+/m1/s1. The van der Waals surface area contributed by atoms with Crippen molar-refractivity contribution in [1.82, 2.24) is 0 Å². The van der Waals surface area contributed by atoms with Gasteiger partial charge in [-0.05, 0) is 0 Å². The Hall–Kier alpha value is -0.850. The van der Waals surface area contributed by atoms with E-state index in [1.807, 2.05) is 0 Å². The zero-order chi connectivity index (χ0) is 15.4. The van der Waals surface area contributed by atoms with Gasteiger partial charge in [0.2, 0.25) is 0 Å². The van der Waals surface area contributed by atoms with Gasteiger partial charge in [0.15, 0.2) is 6.29 Å². The van der Waals surface area contributed by atoms with Crippen LogP contribution in [0.2, 0.25) is 0 Å². The van der Waals surface area contributed by atoms with E-state index in [4.69, 9.17) is 19.7 Å². The van der Waals surface area contributed by atoms with Gasteiger partial charge >= 0.3 is 0 Å². The summed E-state index contributed by atoms with van der Waals surface area (Å²) in [7, 11) is 0. The third-order valence-corrected chi connectivity index (χ3v) is 2.89. The van der Waals surface area contributed by atoms with E-state index >= 15 is 0 Å². The van der Waals surface area contributed by atoms with Crippen molar-refractivity contribution in [3.8, 4) is 0 Å². The van der Waals surface area contributed by atoms with Gasteiger partial charge in [-0.15, -0.1) is 0 Å². The summed E-state index contributed by atoms with van der Waals surface area (Å²) in [5, 5.41) is 66.2. The van der Waals surface area contributed by atoms with E-state index in [0.29, 0.717) is 0 Å². The molecule has 10 nitrogen and oxygen atoms in total. The number of carbonyl (C=O) groups is 1. The lowest BCUT2D eigenvalue weighted by atomic mass is 10.0. The molecular weight excluding hydrogens is 280 g/mol. The maximum absolute atomic E-state index is 10.4. The molecule has 0 radical (unpaired) electrons. The van der Waals surface area contributed by atoms with Gasteiger partial charge in [0.25, 0.3) is 0 Å². The summed E-state index contributed by atoms with van der Waals surface area (Å²) in [6.07, 6.45) is -12.1. The topological polar surface area (TPSA) is 180 Å². The van der Waals surface area contributed by atoms with Gasteiger partial charge in [-0.2, -0.15) is 0 Å². The second-order valence-electron chi connectivity index (χ2n) is 4.36. The Bertz CT molecular complexity index is 323. The molecule has 0 bridgehead atoms. The lowest BCUT2D eigenvalue weighted by Crippen LogP contribution is -2.57. The fourth-order valence-corrected chi connectivity index (χ4v) is 1.65. The summed E-state index contributed by atoms with van der Waals surface area (Å²) >= 11 is 0. The van der Waals surface area contributed by atoms with E-state index in [1.165, 1.54) is 0 Å². The van der Waals surface area contributed by atoms with Crippen LogP contribution in [0.25, 0.3) is 0 Å². The van der Waals surface area contributed by atoms with E-state index in [-0.39, 0.29) is 6.61 Å². The molecule has 0 amide bonds. The van der Waals surface area contributed by atoms with Crippen LogP contribution >= 0.6 is 0 Å². The van der Waals surface area contributed by atoms with E-state index in [1.54, 1.807) is 0 Å². The van der Waals surface area contributed by atoms with Crippen molar-refractivity contribution in [1.29, 1.82) is 0 Å². The van der Waals surface area contributed by atoms with Crippen LogP contribution in [0.4, 0.5) is 0 Å². The highest BCUT2D eigenvalue weighted by Gasteiger charge is 2.41. The Kier molecular flexibility index (Phi) is 6.23. The predicted molar refractivity (Wildman–Crippen MR) is 56.7 cm³/mol. The zero-order valence-corrected chi connectivity index (χ0v) is 10.3. The monoisotopic (exact) mass is 297 g/mol. The van der Waals surface area contributed by atoms with Crippen molar-refractivity contribution in [2.24, 2.45) is 0 Å². The number of ether oxygens (including phenoxy) is 2. The minimum absolute atomic E-state index is 0.375. The van der Waals surface area contributed by atoms with Crippen LogP contribution in [-0.2, 0) is 14.3 Å². The van der Waals surface area contributed by atoms with Gasteiger partial charge in [0.1, 0.15) is 36.6 Å². The highest BCUT2D eigenvalue weighted by atomic mass is 16.7. The molecule has 10 heteroatoms. The minimum atomic E-state index is -2.32. The number of aliphatic carboxylic acids is 1. The van der Waals surface area contributed by atoms with Crippen molar-refractivity contribution in [3.63, 3.8) is 0 Å². The summed E-state index contributed by atoms with van der Waals surface area (Å²) in [6.45, 7) is -1.27. The van der Waals surface area contributed by atoms with E-state index in [9.17, 15) is 30.3 Å². The molecular formula is C10H17O10-. The summed E-state index contributed by atoms with van der Waals surface area (Å²) < 4.78 is 9.76. The molecule has 118 valence electrons. The highest BCUT2D eigenvalue weighted by Crippen LogP contribution is 2.19. The van der Waals surface area contributed by atoms with Gasteiger partial charge in [-0.1, -0.05) is 0 Å². The molecule has 0 aliphatic carbocycles. The average Bonchev–Trinajstić information content (AvgIpc) is 2.42. The van der Waals surface area contributed by atoms with Gasteiger partial charge in [-0.3, -0.25) is 0 Å². The van der Waals surface area contributed by atoms with Crippen LogP contribution in [-0.4, -0.2) is 92.7 Å². The Morgan fingerprint density at radius 2 is 1.90 bits per heavy atom. The van der Waals surface area contributed by atoms with Crippen LogP contribution in [0.15, 0.2) is 0 Å². The van der Waals surface area contributed by atoms with Gasteiger partial charge in [0, 0.05) is 0 Å². The van der Waals surface area contributed by atoms with Gasteiger partial charge in [0.05, 0.1) is 19.2 Å². The Balaban J connectivity index is 2.66. The molecule has 0 spiro atoms. The third kappa shape index (κ3) is 3.84. The lowest BCUT2D eigenvalue weighted by Gasteiger charge is -2.37. The molecule has 0 aromatic carbocycles. The molecule has 7 atom stereocenters. The fourth-order valence-electron chi connectivity index (χ4n) is 1.65. The largest absolute Gasteiger partial charge is 0.547 e. The molecule has 0 saturated carbocycles. The average molecular weight is 297 g/mol. The molecule has 20 heavy (non-hydrogen) atoms. The highest BCUT2D eigenvalue weighted by molar-refractivity contribution is 5.70. The lowest BCUT2D eigenvalue weighted by molar-refractivity contribution is -0.325. The Labute approximate surface area is 113 Å². The Morgan fingerprint density at radius 1 is 1.30 bits per heavy atom. The van der Waals surface area contributed by atoms with E-state index in [0.717, 1.165) is 0 Å². The van der Waals surface area contributed by atoms with E-state index < -0.39 is 55.5 Å². The van der Waals surface area contributed by atoms with Crippen LogP contribution in [0, 0.1) is 0 Å². The number of carboxylic acid groups (broad SMARTS) is 1.